The Balaban J connectivity index is 2.00. The molecule has 3 nitrogen and oxygen atoms in total. The fourth-order valence-electron chi connectivity index (χ4n) is 2.79. The van der Waals surface area contributed by atoms with Gasteiger partial charge in [0.1, 0.15) is 0 Å². The minimum atomic E-state index is 0.0458. The summed E-state index contributed by atoms with van der Waals surface area (Å²) in [6, 6.07) is 7.99. The first-order valence-corrected chi connectivity index (χ1v) is 7.28. The molecule has 19 heavy (non-hydrogen) atoms. The molecule has 1 amide bonds. The average Bonchev–Trinajstić information content (AvgIpc) is 2.63. The third kappa shape index (κ3) is 3.72. The van der Waals surface area contributed by atoms with Gasteiger partial charge < -0.3 is 10.6 Å². The second-order valence-corrected chi connectivity index (χ2v) is 5.58. The average molecular weight is 260 g/mol. The van der Waals surface area contributed by atoms with Crippen LogP contribution in [0.5, 0.6) is 0 Å². The van der Waals surface area contributed by atoms with E-state index in [2.05, 4.69) is 17.6 Å². The Hall–Kier alpha value is -1.51. The van der Waals surface area contributed by atoms with Gasteiger partial charge in [0.05, 0.1) is 5.56 Å². The first-order chi connectivity index (χ1) is 9.20. The molecule has 1 saturated carbocycles. The lowest BCUT2D eigenvalue weighted by atomic mass is 10.0. The van der Waals surface area contributed by atoms with Crippen molar-refractivity contribution in [2.24, 2.45) is 5.92 Å². The standard InChI is InChI=1S/C16H24N2O/c1-12-6-5-7-13(11-10-12)18-16(19)14-8-3-4-9-15(14)17-2/h3-4,8-9,12-13,17H,5-7,10-11H2,1-2H3,(H,18,19). The number of para-hydroxylation sites is 1. The Morgan fingerprint density at radius 1 is 1.16 bits per heavy atom. The van der Waals surface area contributed by atoms with Crippen LogP contribution in [0.4, 0.5) is 5.69 Å². The quantitative estimate of drug-likeness (QED) is 0.818. The predicted molar refractivity (Wildman–Crippen MR) is 79.5 cm³/mol. The van der Waals surface area contributed by atoms with Crippen LogP contribution in [0.15, 0.2) is 24.3 Å². The van der Waals surface area contributed by atoms with Gasteiger partial charge in [-0.2, -0.15) is 0 Å². The van der Waals surface area contributed by atoms with Crippen molar-refractivity contribution < 1.29 is 4.79 Å². The number of anilines is 1. The Morgan fingerprint density at radius 3 is 2.74 bits per heavy atom. The highest BCUT2D eigenvalue weighted by molar-refractivity contribution is 5.99. The predicted octanol–water partition coefficient (Wildman–Crippen LogP) is 3.43. The highest BCUT2D eigenvalue weighted by atomic mass is 16.1. The summed E-state index contributed by atoms with van der Waals surface area (Å²) in [5, 5.41) is 6.26. The summed E-state index contributed by atoms with van der Waals surface area (Å²) in [7, 11) is 1.85. The van der Waals surface area contributed by atoms with Crippen molar-refractivity contribution in [3.8, 4) is 0 Å². The molecule has 2 rings (SSSR count). The molecule has 2 unspecified atom stereocenters. The van der Waals surface area contributed by atoms with Crippen LogP contribution in [-0.4, -0.2) is 19.0 Å². The van der Waals surface area contributed by atoms with Crippen LogP contribution in [0.1, 0.15) is 49.4 Å². The zero-order valence-electron chi connectivity index (χ0n) is 11.9. The molecule has 1 aromatic rings. The van der Waals surface area contributed by atoms with E-state index >= 15 is 0 Å². The third-order valence-electron chi connectivity index (χ3n) is 4.03. The fraction of sp³-hybridized carbons (Fsp3) is 0.562. The number of carbonyl (C=O) groups is 1. The SMILES string of the molecule is CNc1ccccc1C(=O)NC1CCCC(C)CC1. The van der Waals surface area contributed by atoms with E-state index in [9.17, 15) is 4.79 Å². The molecular weight excluding hydrogens is 236 g/mol. The highest BCUT2D eigenvalue weighted by Gasteiger charge is 2.19. The summed E-state index contributed by atoms with van der Waals surface area (Å²) in [5.41, 5.74) is 1.63. The van der Waals surface area contributed by atoms with Crippen molar-refractivity contribution in [2.45, 2.75) is 45.1 Å². The maximum absolute atomic E-state index is 12.3. The van der Waals surface area contributed by atoms with Crippen molar-refractivity contribution >= 4 is 11.6 Å². The molecule has 2 atom stereocenters. The maximum atomic E-state index is 12.3. The Morgan fingerprint density at radius 2 is 1.95 bits per heavy atom. The van der Waals surface area contributed by atoms with E-state index in [0.717, 1.165) is 30.0 Å². The normalized spacial score (nSPS) is 23.5. The zero-order valence-corrected chi connectivity index (χ0v) is 11.9. The number of benzene rings is 1. The van der Waals surface area contributed by atoms with Gasteiger partial charge >= 0.3 is 0 Å². The first-order valence-electron chi connectivity index (χ1n) is 7.28. The monoisotopic (exact) mass is 260 g/mol. The van der Waals surface area contributed by atoms with Crippen LogP contribution in [0.25, 0.3) is 0 Å². The molecule has 0 saturated heterocycles. The van der Waals surface area contributed by atoms with Gasteiger partial charge in [-0.1, -0.05) is 31.9 Å². The van der Waals surface area contributed by atoms with Crippen molar-refractivity contribution in [3.63, 3.8) is 0 Å². The van der Waals surface area contributed by atoms with Crippen LogP contribution < -0.4 is 10.6 Å². The molecule has 0 radical (unpaired) electrons. The number of hydrogen-bond donors (Lipinski definition) is 2. The second-order valence-electron chi connectivity index (χ2n) is 5.58. The lowest BCUT2D eigenvalue weighted by Crippen LogP contribution is -2.34. The molecule has 1 aliphatic rings. The van der Waals surface area contributed by atoms with E-state index in [1.165, 1.54) is 19.3 Å². The van der Waals surface area contributed by atoms with Gasteiger partial charge in [0.15, 0.2) is 0 Å². The summed E-state index contributed by atoms with van der Waals surface area (Å²) < 4.78 is 0. The number of hydrogen-bond acceptors (Lipinski definition) is 2. The van der Waals surface area contributed by atoms with Crippen molar-refractivity contribution in [2.75, 3.05) is 12.4 Å². The summed E-state index contributed by atoms with van der Waals surface area (Å²) in [6.45, 7) is 2.31. The first kappa shape index (κ1) is 13.9. The van der Waals surface area contributed by atoms with Gasteiger partial charge in [0, 0.05) is 18.8 Å². The molecule has 1 fully saturated rings. The van der Waals surface area contributed by atoms with E-state index in [4.69, 9.17) is 0 Å². The minimum absolute atomic E-state index is 0.0458. The summed E-state index contributed by atoms with van der Waals surface area (Å²) in [4.78, 5) is 12.3. The number of nitrogens with one attached hydrogen (secondary N) is 2. The smallest absolute Gasteiger partial charge is 0.253 e. The molecule has 104 valence electrons. The summed E-state index contributed by atoms with van der Waals surface area (Å²) in [5.74, 6) is 0.844. The zero-order chi connectivity index (χ0) is 13.7. The van der Waals surface area contributed by atoms with E-state index in [1.54, 1.807) is 0 Å². The Labute approximate surface area is 115 Å². The largest absolute Gasteiger partial charge is 0.387 e. The molecule has 1 aliphatic carbocycles. The van der Waals surface area contributed by atoms with Gasteiger partial charge in [0.2, 0.25) is 0 Å². The van der Waals surface area contributed by atoms with Gasteiger partial charge in [-0.3, -0.25) is 4.79 Å². The lowest BCUT2D eigenvalue weighted by Gasteiger charge is -2.17. The topological polar surface area (TPSA) is 41.1 Å². The summed E-state index contributed by atoms with van der Waals surface area (Å²) in [6.07, 6.45) is 5.95. The highest BCUT2D eigenvalue weighted by Crippen LogP contribution is 2.23. The van der Waals surface area contributed by atoms with Gasteiger partial charge in [-0.15, -0.1) is 0 Å². The van der Waals surface area contributed by atoms with Crippen LogP contribution in [0.3, 0.4) is 0 Å². The van der Waals surface area contributed by atoms with E-state index in [1.807, 2.05) is 31.3 Å². The van der Waals surface area contributed by atoms with E-state index in [0.29, 0.717) is 6.04 Å². The van der Waals surface area contributed by atoms with Crippen LogP contribution in [0, 0.1) is 5.92 Å². The molecule has 0 spiro atoms. The molecule has 1 aromatic carbocycles. The third-order valence-corrected chi connectivity index (χ3v) is 4.03. The van der Waals surface area contributed by atoms with Crippen LogP contribution in [-0.2, 0) is 0 Å². The van der Waals surface area contributed by atoms with Gasteiger partial charge in [-0.05, 0) is 37.3 Å². The van der Waals surface area contributed by atoms with Crippen LogP contribution in [0.2, 0.25) is 0 Å². The van der Waals surface area contributed by atoms with Crippen LogP contribution >= 0.6 is 0 Å². The summed E-state index contributed by atoms with van der Waals surface area (Å²) >= 11 is 0. The van der Waals surface area contributed by atoms with Gasteiger partial charge in [-0.25, -0.2) is 0 Å². The minimum Gasteiger partial charge on any atom is -0.387 e. The van der Waals surface area contributed by atoms with Gasteiger partial charge in [0.25, 0.3) is 5.91 Å². The van der Waals surface area contributed by atoms with Crippen molar-refractivity contribution in [1.82, 2.24) is 5.32 Å². The molecule has 0 aliphatic heterocycles. The molecule has 3 heteroatoms. The lowest BCUT2D eigenvalue weighted by molar-refractivity contribution is 0.0934. The number of amides is 1. The maximum Gasteiger partial charge on any atom is 0.253 e. The molecule has 0 bridgehead atoms. The van der Waals surface area contributed by atoms with Crippen molar-refractivity contribution in [1.29, 1.82) is 0 Å². The Kier molecular flexibility index (Phi) is 4.83. The molecule has 2 N–H and O–H groups in total. The number of rotatable bonds is 3. The molecule has 0 aromatic heterocycles. The van der Waals surface area contributed by atoms with Crippen molar-refractivity contribution in [3.05, 3.63) is 29.8 Å². The Bertz CT molecular complexity index is 431. The van der Waals surface area contributed by atoms with E-state index in [-0.39, 0.29) is 5.91 Å². The molecular formula is C16H24N2O. The second kappa shape index (κ2) is 6.60. The molecule has 0 heterocycles. The fourth-order valence-corrected chi connectivity index (χ4v) is 2.79. The van der Waals surface area contributed by atoms with E-state index < -0.39 is 0 Å². The number of carbonyl (C=O) groups excluding carboxylic acids is 1.